The molecule has 1 fully saturated rings. The summed E-state index contributed by atoms with van der Waals surface area (Å²) in [6.45, 7) is 1.87. The maximum atomic E-state index is 12.8. The summed E-state index contributed by atoms with van der Waals surface area (Å²) in [5.74, 6) is 0.636. The Bertz CT molecular complexity index is 796. The lowest BCUT2D eigenvalue weighted by atomic mass is 10.1. The minimum Gasteiger partial charge on any atom is -0.356 e. The van der Waals surface area contributed by atoms with Gasteiger partial charge >= 0.3 is 0 Å². The second kappa shape index (κ2) is 8.66. The zero-order valence-electron chi connectivity index (χ0n) is 15.9. The largest absolute Gasteiger partial charge is 0.356 e. The van der Waals surface area contributed by atoms with Gasteiger partial charge in [0.05, 0.1) is 12.0 Å². The molecule has 0 atom stereocenters. The van der Waals surface area contributed by atoms with Gasteiger partial charge in [-0.25, -0.2) is 4.98 Å². The molecule has 1 aromatic carbocycles. The van der Waals surface area contributed by atoms with Crippen LogP contribution < -0.4 is 10.2 Å². The number of rotatable bonds is 5. The van der Waals surface area contributed by atoms with E-state index in [1.54, 1.807) is 31.3 Å². The molecule has 1 aliphatic heterocycles. The van der Waals surface area contributed by atoms with Crippen molar-refractivity contribution in [3.8, 4) is 0 Å². The van der Waals surface area contributed by atoms with Gasteiger partial charge in [0.1, 0.15) is 5.82 Å². The molecule has 0 bridgehead atoms. The predicted octanol–water partition coefficient (Wildman–Crippen LogP) is 2.95. The van der Waals surface area contributed by atoms with Gasteiger partial charge in [-0.2, -0.15) is 0 Å². The summed E-state index contributed by atoms with van der Waals surface area (Å²) in [5.41, 5.74) is 2.21. The molecule has 1 saturated heterocycles. The van der Waals surface area contributed by atoms with Gasteiger partial charge in [-0.3, -0.25) is 9.59 Å². The molecule has 1 aliphatic rings. The van der Waals surface area contributed by atoms with Crippen LogP contribution in [0.5, 0.6) is 0 Å². The average Bonchev–Trinajstić information content (AvgIpc) is 2.70. The van der Waals surface area contributed by atoms with E-state index >= 15 is 0 Å². The van der Waals surface area contributed by atoms with Crippen molar-refractivity contribution < 1.29 is 9.59 Å². The maximum Gasteiger partial charge on any atom is 0.259 e. The van der Waals surface area contributed by atoms with Crippen LogP contribution in [0.4, 0.5) is 11.5 Å². The highest BCUT2D eigenvalue weighted by Crippen LogP contribution is 2.22. The number of amides is 2. The highest BCUT2D eigenvalue weighted by atomic mass is 16.2. The summed E-state index contributed by atoms with van der Waals surface area (Å²) in [6.07, 6.45) is 5.57. The monoisotopic (exact) mass is 366 g/mol. The zero-order chi connectivity index (χ0) is 19.2. The fraction of sp³-hybridized carbons (Fsp3) is 0.381. The number of carbonyl (C=O) groups is 2. The Balaban J connectivity index is 1.69. The number of piperidine rings is 1. The minimum atomic E-state index is -0.166. The van der Waals surface area contributed by atoms with Crippen LogP contribution in [-0.4, -0.2) is 48.9 Å². The first-order valence-corrected chi connectivity index (χ1v) is 9.35. The SMILES string of the molecule is CN(C)C(=O)Cc1ccc(NC(=O)c2cccnc2N2CCCCC2)cc1. The van der Waals surface area contributed by atoms with E-state index < -0.39 is 0 Å². The van der Waals surface area contributed by atoms with Crippen LogP contribution in [0, 0.1) is 0 Å². The van der Waals surface area contributed by atoms with Gasteiger partial charge in [-0.15, -0.1) is 0 Å². The topological polar surface area (TPSA) is 65.5 Å². The summed E-state index contributed by atoms with van der Waals surface area (Å²) >= 11 is 0. The Labute approximate surface area is 160 Å². The molecular formula is C21H26N4O2. The number of hydrogen-bond acceptors (Lipinski definition) is 4. The lowest BCUT2D eigenvalue weighted by Crippen LogP contribution is -2.32. The van der Waals surface area contributed by atoms with Crippen molar-refractivity contribution in [2.24, 2.45) is 0 Å². The van der Waals surface area contributed by atoms with E-state index in [9.17, 15) is 9.59 Å². The van der Waals surface area contributed by atoms with Crippen molar-refractivity contribution in [2.45, 2.75) is 25.7 Å². The molecule has 0 unspecified atom stereocenters. The predicted molar refractivity (Wildman–Crippen MR) is 107 cm³/mol. The van der Waals surface area contributed by atoms with Crippen LogP contribution in [0.15, 0.2) is 42.6 Å². The first kappa shape index (κ1) is 18.9. The summed E-state index contributed by atoms with van der Waals surface area (Å²) in [4.78, 5) is 32.8. The number of carbonyl (C=O) groups excluding carboxylic acids is 2. The average molecular weight is 366 g/mol. The molecule has 2 heterocycles. The van der Waals surface area contributed by atoms with Crippen LogP contribution in [-0.2, 0) is 11.2 Å². The van der Waals surface area contributed by atoms with Gasteiger partial charge < -0.3 is 15.1 Å². The molecule has 0 radical (unpaired) electrons. The molecule has 6 heteroatoms. The summed E-state index contributed by atoms with van der Waals surface area (Å²) in [7, 11) is 3.48. The lowest BCUT2D eigenvalue weighted by Gasteiger charge is -2.29. The molecule has 2 aromatic rings. The number of pyridine rings is 1. The number of anilines is 2. The summed E-state index contributed by atoms with van der Waals surface area (Å²) in [5, 5.41) is 2.94. The molecule has 0 spiro atoms. The first-order valence-electron chi connectivity index (χ1n) is 9.35. The standard InChI is InChI=1S/C21H26N4O2/c1-24(2)19(26)15-16-8-10-17(11-9-16)23-21(27)18-7-6-12-22-20(18)25-13-4-3-5-14-25/h6-12H,3-5,13-15H2,1-2H3,(H,23,27). The third kappa shape index (κ3) is 4.84. The van der Waals surface area contributed by atoms with Crippen molar-refractivity contribution in [1.29, 1.82) is 0 Å². The molecule has 0 aliphatic carbocycles. The van der Waals surface area contributed by atoms with Crippen LogP contribution >= 0.6 is 0 Å². The highest BCUT2D eigenvalue weighted by Gasteiger charge is 2.19. The fourth-order valence-electron chi connectivity index (χ4n) is 3.17. The Morgan fingerprint density at radius 3 is 2.44 bits per heavy atom. The molecule has 6 nitrogen and oxygen atoms in total. The van der Waals surface area contributed by atoms with Crippen molar-refractivity contribution in [3.63, 3.8) is 0 Å². The number of likely N-dealkylation sites (N-methyl/N-ethyl adjacent to an activating group) is 1. The number of hydrogen-bond donors (Lipinski definition) is 1. The normalized spacial score (nSPS) is 13.9. The van der Waals surface area contributed by atoms with Gasteiger partial charge in [0, 0.05) is 39.1 Å². The van der Waals surface area contributed by atoms with Gasteiger partial charge in [0.2, 0.25) is 5.91 Å². The van der Waals surface area contributed by atoms with E-state index in [0.717, 1.165) is 37.3 Å². The number of aromatic nitrogens is 1. The van der Waals surface area contributed by atoms with Crippen molar-refractivity contribution >= 4 is 23.3 Å². The van der Waals surface area contributed by atoms with E-state index in [-0.39, 0.29) is 11.8 Å². The van der Waals surface area contributed by atoms with E-state index in [2.05, 4.69) is 15.2 Å². The number of nitrogens with zero attached hydrogens (tertiary/aromatic N) is 3. The Hall–Kier alpha value is -2.89. The van der Waals surface area contributed by atoms with Crippen molar-refractivity contribution in [3.05, 3.63) is 53.7 Å². The summed E-state index contributed by atoms with van der Waals surface area (Å²) < 4.78 is 0. The van der Waals surface area contributed by atoms with Crippen LogP contribution in [0.3, 0.4) is 0 Å². The van der Waals surface area contributed by atoms with Crippen molar-refractivity contribution in [1.82, 2.24) is 9.88 Å². The van der Waals surface area contributed by atoms with Crippen LogP contribution in [0.25, 0.3) is 0 Å². The molecule has 142 valence electrons. The lowest BCUT2D eigenvalue weighted by molar-refractivity contribution is -0.127. The first-order chi connectivity index (χ1) is 13.0. The van der Waals surface area contributed by atoms with Gasteiger partial charge in [-0.1, -0.05) is 12.1 Å². The van der Waals surface area contributed by atoms with Crippen molar-refractivity contribution in [2.75, 3.05) is 37.4 Å². The Morgan fingerprint density at radius 1 is 1.07 bits per heavy atom. The molecule has 1 N–H and O–H groups in total. The number of benzene rings is 1. The van der Waals surface area contributed by atoms with Gasteiger partial charge in [-0.05, 0) is 49.1 Å². The second-order valence-electron chi connectivity index (χ2n) is 7.04. The van der Waals surface area contributed by atoms with E-state index in [4.69, 9.17) is 0 Å². The molecule has 1 aromatic heterocycles. The van der Waals surface area contributed by atoms with E-state index in [1.807, 2.05) is 30.3 Å². The molecular weight excluding hydrogens is 340 g/mol. The van der Waals surface area contributed by atoms with Gasteiger partial charge in [0.25, 0.3) is 5.91 Å². The minimum absolute atomic E-state index is 0.0494. The van der Waals surface area contributed by atoms with Crippen LogP contribution in [0.2, 0.25) is 0 Å². The molecule has 27 heavy (non-hydrogen) atoms. The molecule has 3 rings (SSSR count). The fourth-order valence-corrected chi connectivity index (χ4v) is 3.17. The Morgan fingerprint density at radius 2 is 1.78 bits per heavy atom. The quantitative estimate of drug-likeness (QED) is 0.884. The maximum absolute atomic E-state index is 12.8. The van der Waals surface area contributed by atoms with E-state index in [1.165, 1.54) is 6.42 Å². The highest BCUT2D eigenvalue weighted by molar-refractivity contribution is 6.07. The third-order valence-electron chi connectivity index (χ3n) is 4.75. The number of nitrogens with one attached hydrogen (secondary N) is 1. The molecule has 2 amide bonds. The molecule has 0 saturated carbocycles. The second-order valence-corrected chi connectivity index (χ2v) is 7.04. The zero-order valence-corrected chi connectivity index (χ0v) is 15.9. The summed E-state index contributed by atoms with van der Waals surface area (Å²) in [6, 6.07) is 11.0. The van der Waals surface area contributed by atoms with Crippen LogP contribution in [0.1, 0.15) is 35.2 Å². The third-order valence-corrected chi connectivity index (χ3v) is 4.75. The Kier molecular flexibility index (Phi) is 6.06. The smallest absolute Gasteiger partial charge is 0.259 e. The van der Waals surface area contributed by atoms with Gasteiger partial charge in [0.15, 0.2) is 0 Å². The van der Waals surface area contributed by atoms with E-state index in [0.29, 0.717) is 17.7 Å².